The molecule has 2 aromatic carbocycles. The Labute approximate surface area is 121 Å². The Balaban J connectivity index is 2.67. The zero-order valence-electron chi connectivity index (χ0n) is 10.5. The SMILES string of the molecule is O=Cc1ccc(S(=O)(=O)c2ccccc2S(=O)(=O)O)cc1. The Morgan fingerprint density at radius 1 is 0.810 bits per heavy atom. The summed E-state index contributed by atoms with van der Waals surface area (Å²) in [6.45, 7) is 0. The zero-order valence-corrected chi connectivity index (χ0v) is 12.1. The third-order valence-electron chi connectivity index (χ3n) is 2.74. The maximum Gasteiger partial charge on any atom is 0.295 e. The van der Waals surface area contributed by atoms with Gasteiger partial charge in [0.1, 0.15) is 11.2 Å². The predicted octanol–water partition coefficient (Wildman–Crippen LogP) is 1.58. The average Bonchev–Trinajstić information content (AvgIpc) is 2.46. The van der Waals surface area contributed by atoms with E-state index in [2.05, 4.69) is 0 Å². The molecule has 0 saturated heterocycles. The summed E-state index contributed by atoms with van der Waals surface area (Å²) >= 11 is 0. The van der Waals surface area contributed by atoms with Crippen molar-refractivity contribution in [3.63, 3.8) is 0 Å². The van der Waals surface area contributed by atoms with Gasteiger partial charge in [0.05, 0.1) is 9.79 Å². The van der Waals surface area contributed by atoms with Crippen LogP contribution in [-0.2, 0) is 20.0 Å². The van der Waals surface area contributed by atoms with E-state index < -0.39 is 29.7 Å². The molecule has 0 amide bonds. The predicted molar refractivity (Wildman–Crippen MR) is 73.5 cm³/mol. The fraction of sp³-hybridized carbons (Fsp3) is 0. The number of aldehydes is 1. The standard InChI is InChI=1S/C13H10O6S2/c14-9-10-5-7-11(8-6-10)20(15,16)12-3-1-2-4-13(12)21(17,18)19/h1-9H,(H,17,18,19). The van der Waals surface area contributed by atoms with Gasteiger partial charge in [-0.2, -0.15) is 8.42 Å². The molecule has 0 saturated carbocycles. The van der Waals surface area contributed by atoms with E-state index in [1.165, 1.54) is 36.4 Å². The van der Waals surface area contributed by atoms with Crippen molar-refractivity contribution in [2.24, 2.45) is 0 Å². The molecular formula is C13H10O6S2. The van der Waals surface area contributed by atoms with Crippen molar-refractivity contribution < 1.29 is 26.2 Å². The first-order valence-electron chi connectivity index (χ1n) is 5.63. The molecule has 110 valence electrons. The first-order chi connectivity index (χ1) is 9.76. The molecule has 0 atom stereocenters. The van der Waals surface area contributed by atoms with Gasteiger partial charge in [0, 0.05) is 5.56 Å². The molecule has 0 heterocycles. The Kier molecular flexibility index (Phi) is 3.95. The fourth-order valence-electron chi connectivity index (χ4n) is 1.74. The van der Waals surface area contributed by atoms with Crippen molar-refractivity contribution in [3.8, 4) is 0 Å². The molecule has 8 heteroatoms. The Bertz CT molecular complexity index is 881. The summed E-state index contributed by atoms with van der Waals surface area (Å²) in [5.41, 5.74) is 0.289. The number of sulfone groups is 1. The van der Waals surface area contributed by atoms with Crippen molar-refractivity contribution in [2.45, 2.75) is 14.7 Å². The van der Waals surface area contributed by atoms with Crippen molar-refractivity contribution in [1.29, 1.82) is 0 Å². The number of carbonyl (C=O) groups excluding carboxylic acids is 1. The highest BCUT2D eigenvalue weighted by molar-refractivity contribution is 7.92. The average molecular weight is 326 g/mol. The van der Waals surface area contributed by atoms with Crippen LogP contribution in [0.15, 0.2) is 63.2 Å². The minimum Gasteiger partial charge on any atom is -0.298 e. The van der Waals surface area contributed by atoms with Gasteiger partial charge in [-0.25, -0.2) is 8.42 Å². The summed E-state index contributed by atoms with van der Waals surface area (Å²) in [6, 6.07) is 9.73. The molecule has 0 aliphatic carbocycles. The van der Waals surface area contributed by atoms with E-state index in [-0.39, 0.29) is 10.5 Å². The third kappa shape index (κ3) is 3.02. The van der Waals surface area contributed by atoms with Gasteiger partial charge in [-0.3, -0.25) is 9.35 Å². The number of carbonyl (C=O) groups is 1. The third-order valence-corrected chi connectivity index (χ3v) is 5.61. The molecule has 21 heavy (non-hydrogen) atoms. The van der Waals surface area contributed by atoms with Gasteiger partial charge in [-0.15, -0.1) is 0 Å². The van der Waals surface area contributed by atoms with Crippen LogP contribution < -0.4 is 0 Å². The molecular weight excluding hydrogens is 316 g/mol. The molecule has 2 aromatic rings. The normalized spacial score (nSPS) is 12.0. The molecule has 0 bridgehead atoms. The lowest BCUT2D eigenvalue weighted by Gasteiger charge is -2.08. The van der Waals surface area contributed by atoms with E-state index in [9.17, 15) is 21.6 Å². The van der Waals surface area contributed by atoms with E-state index in [0.717, 1.165) is 12.1 Å². The number of benzene rings is 2. The van der Waals surface area contributed by atoms with Gasteiger partial charge in [-0.05, 0) is 24.3 Å². The summed E-state index contributed by atoms with van der Waals surface area (Å²) in [7, 11) is -8.81. The van der Waals surface area contributed by atoms with Crippen LogP contribution in [0, 0.1) is 0 Å². The van der Waals surface area contributed by atoms with Crippen LogP contribution in [0.4, 0.5) is 0 Å². The van der Waals surface area contributed by atoms with Gasteiger partial charge in [0.2, 0.25) is 9.84 Å². The molecule has 2 rings (SSSR count). The van der Waals surface area contributed by atoms with Crippen LogP contribution in [0.3, 0.4) is 0 Å². The summed E-state index contributed by atoms with van der Waals surface area (Å²) in [5.74, 6) is 0. The second-order valence-corrected chi connectivity index (χ2v) is 7.42. The van der Waals surface area contributed by atoms with E-state index in [1.807, 2.05) is 0 Å². The van der Waals surface area contributed by atoms with Gasteiger partial charge < -0.3 is 0 Å². The van der Waals surface area contributed by atoms with Crippen molar-refractivity contribution >= 4 is 26.2 Å². The summed E-state index contributed by atoms with van der Waals surface area (Å²) in [6.07, 6.45) is 0.558. The van der Waals surface area contributed by atoms with Gasteiger partial charge in [0.15, 0.2) is 0 Å². The molecule has 6 nitrogen and oxygen atoms in total. The van der Waals surface area contributed by atoms with Gasteiger partial charge in [-0.1, -0.05) is 24.3 Å². The second kappa shape index (κ2) is 5.40. The summed E-state index contributed by atoms with van der Waals surface area (Å²) < 4.78 is 56.6. The largest absolute Gasteiger partial charge is 0.298 e. The molecule has 1 N–H and O–H groups in total. The number of hydrogen-bond donors (Lipinski definition) is 1. The monoisotopic (exact) mass is 326 g/mol. The lowest BCUT2D eigenvalue weighted by Crippen LogP contribution is -2.09. The highest BCUT2D eigenvalue weighted by atomic mass is 32.2. The first-order valence-corrected chi connectivity index (χ1v) is 8.56. The van der Waals surface area contributed by atoms with Crippen LogP contribution in [0.25, 0.3) is 0 Å². The van der Waals surface area contributed by atoms with Crippen LogP contribution in [0.1, 0.15) is 10.4 Å². The Morgan fingerprint density at radius 2 is 1.33 bits per heavy atom. The first kappa shape index (κ1) is 15.4. The van der Waals surface area contributed by atoms with Gasteiger partial charge in [0.25, 0.3) is 10.1 Å². The summed E-state index contributed by atoms with van der Waals surface area (Å²) in [4.78, 5) is 9.17. The molecule has 0 aromatic heterocycles. The zero-order chi connectivity index (χ0) is 15.7. The van der Waals surface area contributed by atoms with E-state index in [4.69, 9.17) is 4.55 Å². The summed E-state index contributed by atoms with van der Waals surface area (Å²) in [5, 5.41) is 0. The van der Waals surface area contributed by atoms with Crippen molar-refractivity contribution in [2.75, 3.05) is 0 Å². The molecule has 0 fully saturated rings. The quantitative estimate of drug-likeness (QED) is 0.675. The second-order valence-electron chi connectivity index (χ2n) is 4.11. The smallest absolute Gasteiger partial charge is 0.295 e. The highest BCUT2D eigenvalue weighted by Gasteiger charge is 2.26. The Morgan fingerprint density at radius 3 is 1.81 bits per heavy atom. The van der Waals surface area contributed by atoms with Crippen LogP contribution >= 0.6 is 0 Å². The van der Waals surface area contributed by atoms with Crippen LogP contribution in [0.2, 0.25) is 0 Å². The maximum atomic E-state index is 12.4. The van der Waals surface area contributed by atoms with Crippen molar-refractivity contribution in [1.82, 2.24) is 0 Å². The van der Waals surface area contributed by atoms with Gasteiger partial charge >= 0.3 is 0 Å². The van der Waals surface area contributed by atoms with E-state index in [1.54, 1.807) is 0 Å². The minimum atomic E-state index is -4.67. The lowest BCUT2D eigenvalue weighted by atomic mass is 10.2. The lowest BCUT2D eigenvalue weighted by molar-refractivity contribution is 0.112. The minimum absolute atomic E-state index is 0.177. The number of hydrogen-bond acceptors (Lipinski definition) is 5. The number of rotatable bonds is 4. The van der Waals surface area contributed by atoms with E-state index >= 15 is 0 Å². The van der Waals surface area contributed by atoms with Crippen molar-refractivity contribution in [3.05, 3.63) is 54.1 Å². The molecule has 0 radical (unpaired) electrons. The van der Waals surface area contributed by atoms with Crippen LogP contribution in [-0.4, -0.2) is 27.7 Å². The van der Waals surface area contributed by atoms with Crippen LogP contribution in [0.5, 0.6) is 0 Å². The topological polar surface area (TPSA) is 106 Å². The van der Waals surface area contributed by atoms with E-state index in [0.29, 0.717) is 6.29 Å². The maximum absolute atomic E-state index is 12.4. The molecule has 0 aliphatic heterocycles. The Hall–Kier alpha value is -2.03. The molecule has 0 unspecified atom stereocenters. The molecule has 0 aliphatic rings. The fourth-order valence-corrected chi connectivity index (χ4v) is 4.29. The highest BCUT2D eigenvalue weighted by Crippen LogP contribution is 2.26. The molecule has 0 spiro atoms.